The number of carboxylic acids is 1. The lowest BCUT2D eigenvalue weighted by Gasteiger charge is -2.19. The second-order valence-electron chi connectivity index (χ2n) is 7.59. The van der Waals surface area contributed by atoms with Gasteiger partial charge in [0.05, 0.1) is 5.97 Å². The van der Waals surface area contributed by atoms with Gasteiger partial charge in [0.15, 0.2) is 0 Å². The second-order valence-corrected chi connectivity index (χ2v) is 7.59. The van der Waals surface area contributed by atoms with E-state index in [9.17, 15) is 14.7 Å². The van der Waals surface area contributed by atoms with Gasteiger partial charge in [-0.15, -0.1) is 0 Å². The molecule has 1 aliphatic rings. The topological polar surface area (TPSA) is 82.6 Å². The van der Waals surface area contributed by atoms with Crippen molar-refractivity contribution in [1.29, 1.82) is 0 Å². The van der Waals surface area contributed by atoms with Crippen molar-refractivity contribution in [2.75, 3.05) is 20.6 Å². The highest BCUT2D eigenvalue weighted by atomic mass is 16.5. The summed E-state index contributed by atoms with van der Waals surface area (Å²) in [5.41, 5.74) is 5.36. The fourth-order valence-electron chi connectivity index (χ4n) is 3.78. The number of pyridine rings is 1. The molecule has 1 heterocycles. The maximum atomic E-state index is 12.1. The monoisotopic (exact) mass is 405 g/mol. The molecular formula is C24H25N2O4-. The third-order valence-corrected chi connectivity index (χ3v) is 5.16. The molecule has 0 amide bonds. The van der Waals surface area contributed by atoms with Gasteiger partial charge in [-0.25, -0.2) is 4.79 Å². The number of carbonyl (C=O) groups excluding carboxylic acids is 2. The average Bonchev–Trinajstić information content (AvgIpc) is 3.10. The standard InChI is InChI=1S/C24H26N2O4/c1-16(19-8-4-5-13-25-19)23-18(12-14-26(2)3)15-17-7-6-9-20(24(17)23)30-22(29)11-10-21(27)28/h4-11,13,16H,12,14-15H2,1-3H3,(H,27,28)/p-1/b11-10+. The molecule has 6 nitrogen and oxygen atoms in total. The molecule has 1 aliphatic carbocycles. The smallest absolute Gasteiger partial charge is 0.336 e. The summed E-state index contributed by atoms with van der Waals surface area (Å²) in [6.07, 6.45) is 4.99. The number of benzene rings is 1. The molecule has 1 atom stereocenters. The van der Waals surface area contributed by atoms with E-state index in [1.165, 1.54) is 5.57 Å². The number of rotatable bonds is 8. The number of ether oxygens (including phenoxy) is 1. The number of hydrogen-bond donors (Lipinski definition) is 0. The summed E-state index contributed by atoms with van der Waals surface area (Å²) in [7, 11) is 4.09. The van der Waals surface area contributed by atoms with Crippen molar-refractivity contribution >= 4 is 17.5 Å². The number of nitrogens with zero attached hydrogens (tertiary/aromatic N) is 2. The lowest BCUT2D eigenvalue weighted by atomic mass is 9.89. The summed E-state index contributed by atoms with van der Waals surface area (Å²) >= 11 is 0. The quantitative estimate of drug-likeness (QED) is 0.381. The first kappa shape index (κ1) is 21.5. The van der Waals surface area contributed by atoms with Gasteiger partial charge >= 0.3 is 5.97 Å². The van der Waals surface area contributed by atoms with Crippen molar-refractivity contribution in [3.8, 4) is 5.75 Å². The molecule has 0 saturated heterocycles. The van der Waals surface area contributed by atoms with Gasteiger partial charge in [-0.2, -0.15) is 0 Å². The van der Waals surface area contributed by atoms with E-state index >= 15 is 0 Å². The van der Waals surface area contributed by atoms with Crippen molar-refractivity contribution in [3.05, 3.63) is 77.1 Å². The molecule has 6 heteroatoms. The lowest BCUT2D eigenvalue weighted by Crippen LogP contribution is -2.19. The highest BCUT2D eigenvalue weighted by Crippen LogP contribution is 2.46. The number of carboxylic acid groups (broad SMARTS) is 1. The average molecular weight is 405 g/mol. The highest BCUT2D eigenvalue weighted by molar-refractivity contribution is 5.92. The Balaban J connectivity index is 2.02. The minimum atomic E-state index is -1.44. The van der Waals surface area contributed by atoms with E-state index in [0.717, 1.165) is 47.9 Å². The molecule has 0 radical (unpaired) electrons. The summed E-state index contributed by atoms with van der Waals surface area (Å²) in [5, 5.41) is 10.6. The van der Waals surface area contributed by atoms with Gasteiger partial charge in [0.25, 0.3) is 0 Å². The largest absolute Gasteiger partial charge is 0.545 e. The van der Waals surface area contributed by atoms with Gasteiger partial charge < -0.3 is 19.5 Å². The fraction of sp³-hybridized carbons (Fsp3) is 0.292. The number of fused-ring (bicyclic) bond motifs is 1. The van der Waals surface area contributed by atoms with Crippen LogP contribution in [-0.2, 0) is 16.0 Å². The molecule has 1 aromatic heterocycles. The molecule has 156 valence electrons. The van der Waals surface area contributed by atoms with Crippen LogP contribution in [0.1, 0.15) is 36.1 Å². The summed E-state index contributed by atoms with van der Waals surface area (Å²) in [6.45, 7) is 3.02. The third-order valence-electron chi connectivity index (χ3n) is 5.16. The first-order valence-corrected chi connectivity index (χ1v) is 9.87. The Kier molecular flexibility index (Phi) is 6.79. The van der Waals surface area contributed by atoms with Gasteiger partial charge in [-0.3, -0.25) is 4.98 Å². The molecule has 0 fully saturated rings. The van der Waals surface area contributed by atoms with Crippen LogP contribution in [0.5, 0.6) is 5.75 Å². The summed E-state index contributed by atoms with van der Waals surface area (Å²) < 4.78 is 5.52. The van der Waals surface area contributed by atoms with Crippen LogP contribution >= 0.6 is 0 Å². The Hall–Kier alpha value is -3.25. The van der Waals surface area contributed by atoms with Gasteiger partial charge in [-0.1, -0.05) is 30.7 Å². The normalized spacial score (nSPS) is 14.3. The number of aliphatic carboxylic acids is 1. The zero-order valence-electron chi connectivity index (χ0n) is 17.4. The number of allylic oxidation sites excluding steroid dienone is 1. The highest BCUT2D eigenvalue weighted by Gasteiger charge is 2.30. The molecule has 30 heavy (non-hydrogen) atoms. The Morgan fingerprint density at radius 1 is 1.20 bits per heavy atom. The van der Waals surface area contributed by atoms with E-state index < -0.39 is 11.9 Å². The summed E-state index contributed by atoms with van der Waals surface area (Å²) in [4.78, 5) is 29.4. The minimum absolute atomic E-state index is 0.0169. The second kappa shape index (κ2) is 9.50. The first-order valence-electron chi connectivity index (χ1n) is 9.87. The molecule has 3 rings (SSSR count). The third kappa shape index (κ3) is 5.02. The van der Waals surface area contributed by atoms with Crippen LogP contribution in [-0.4, -0.2) is 42.5 Å². The van der Waals surface area contributed by atoms with Crippen LogP contribution < -0.4 is 9.84 Å². The van der Waals surface area contributed by atoms with Crippen molar-refractivity contribution in [1.82, 2.24) is 9.88 Å². The van der Waals surface area contributed by atoms with E-state index in [1.807, 2.05) is 44.4 Å². The maximum Gasteiger partial charge on any atom is 0.336 e. The van der Waals surface area contributed by atoms with Gasteiger partial charge in [0, 0.05) is 36.0 Å². The van der Waals surface area contributed by atoms with E-state index in [1.54, 1.807) is 12.3 Å². The minimum Gasteiger partial charge on any atom is -0.545 e. The zero-order chi connectivity index (χ0) is 21.7. The lowest BCUT2D eigenvalue weighted by molar-refractivity contribution is -0.297. The van der Waals surface area contributed by atoms with Crippen molar-refractivity contribution in [2.45, 2.75) is 25.7 Å². The van der Waals surface area contributed by atoms with E-state index in [2.05, 4.69) is 16.8 Å². The molecule has 0 bridgehead atoms. The van der Waals surface area contributed by atoms with Crippen molar-refractivity contribution < 1.29 is 19.4 Å². The molecular weight excluding hydrogens is 380 g/mol. The molecule has 2 aromatic rings. The molecule has 1 aromatic carbocycles. The van der Waals surface area contributed by atoms with Crippen LogP contribution in [0.25, 0.3) is 5.57 Å². The van der Waals surface area contributed by atoms with Crippen LogP contribution in [0.15, 0.2) is 60.3 Å². The fourth-order valence-corrected chi connectivity index (χ4v) is 3.78. The van der Waals surface area contributed by atoms with Crippen molar-refractivity contribution in [3.63, 3.8) is 0 Å². The number of carbonyl (C=O) groups is 2. The van der Waals surface area contributed by atoms with Crippen LogP contribution in [0, 0.1) is 0 Å². The van der Waals surface area contributed by atoms with Gasteiger partial charge in [0.1, 0.15) is 5.75 Å². The maximum absolute atomic E-state index is 12.1. The number of aromatic nitrogens is 1. The van der Waals surface area contributed by atoms with Crippen molar-refractivity contribution in [2.24, 2.45) is 0 Å². The van der Waals surface area contributed by atoms with Gasteiger partial charge in [-0.05, 0) is 62.3 Å². The Morgan fingerprint density at radius 2 is 2.00 bits per heavy atom. The van der Waals surface area contributed by atoms with Crippen LogP contribution in [0.2, 0.25) is 0 Å². The molecule has 0 N–H and O–H groups in total. The van der Waals surface area contributed by atoms with E-state index in [4.69, 9.17) is 4.74 Å². The van der Waals surface area contributed by atoms with Gasteiger partial charge in [0.2, 0.25) is 0 Å². The Bertz CT molecular complexity index is 994. The Labute approximate surface area is 176 Å². The van der Waals surface area contributed by atoms with E-state index in [-0.39, 0.29) is 5.92 Å². The molecule has 0 spiro atoms. The predicted molar refractivity (Wildman–Crippen MR) is 113 cm³/mol. The number of esters is 1. The molecule has 1 unspecified atom stereocenters. The zero-order valence-corrected chi connectivity index (χ0v) is 17.4. The molecule has 0 aliphatic heterocycles. The predicted octanol–water partition coefficient (Wildman–Crippen LogP) is 2.36. The van der Waals surface area contributed by atoms with Crippen LogP contribution in [0.3, 0.4) is 0 Å². The number of hydrogen-bond acceptors (Lipinski definition) is 6. The SMILES string of the molecule is CC(C1=C(CCN(C)C)Cc2cccc(OC(=O)/C=C/C(=O)[O-])c21)c1ccccn1. The van der Waals surface area contributed by atoms with E-state index in [0.29, 0.717) is 11.8 Å². The summed E-state index contributed by atoms with van der Waals surface area (Å²) in [5.74, 6) is -1.75. The van der Waals surface area contributed by atoms with Crippen LogP contribution in [0.4, 0.5) is 0 Å². The Morgan fingerprint density at radius 3 is 2.67 bits per heavy atom. The molecule has 0 saturated carbocycles. The first-order chi connectivity index (χ1) is 14.4. The summed E-state index contributed by atoms with van der Waals surface area (Å²) in [6, 6.07) is 11.5.